The van der Waals surface area contributed by atoms with Gasteiger partial charge < -0.3 is 4.74 Å². The Hall–Kier alpha value is -1.04. The van der Waals surface area contributed by atoms with E-state index in [4.69, 9.17) is 39.7 Å². The van der Waals surface area contributed by atoms with Gasteiger partial charge in [0.15, 0.2) is 10.1 Å². The van der Waals surface area contributed by atoms with E-state index in [-0.39, 0.29) is 10.1 Å². The topological polar surface area (TPSA) is 56.8 Å². The molecule has 0 aliphatic heterocycles. The first-order valence-corrected chi connectivity index (χ1v) is 4.39. The highest BCUT2D eigenvalue weighted by atomic mass is 32.1. The molecule has 0 aromatic carbocycles. The second-order valence-corrected chi connectivity index (χ2v) is 3.25. The molecule has 0 saturated heterocycles. The van der Waals surface area contributed by atoms with E-state index in [9.17, 15) is 0 Å². The molecule has 0 aromatic heterocycles. The molecule has 0 aliphatic rings. The van der Waals surface area contributed by atoms with Gasteiger partial charge in [-0.25, -0.2) is 0 Å². The molecule has 0 N–H and O–H groups in total. The van der Waals surface area contributed by atoms with E-state index in [1.54, 1.807) is 13.8 Å². The highest BCUT2D eigenvalue weighted by molar-refractivity contribution is 7.81. The van der Waals surface area contributed by atoms with Gasteiger partial charge >= 0.3 is 0 Å². The lowest BCUT2D eigenvalue weighted by Gasteiger charge is -2.09. The maximum atomic E-state index is 8.49. The number of nitriles is 2. The van der Waals surface area contributed by atoms with Crippen molar-refractivity contribution in [2.75, 3.05) is 0 Å². The lowest BCUT2D eigenvalue weighted by molar-refractivity contribution is 0.515. The highest BCUT2D eigenvalue weighted by Crippen LogP contribution is 2.05. The summed E-state index contributed by atoms with van der Waals surface area (Å²) in [5, 5.41) is 17.2. The first-order chi connectivity index (χ1) is 6.02. The van der Waals surface area contributed by atoms with Crippen molar-refractivity contribution < 1.29 is 4.74 Å². The minimum Gasteiger partial charge on any atom is -0.440 e. The molecule has 0 fully saturated rings. The number of hydrogen-bond donors (Lipinski definition) is 0. The van der Waals surface area contributed by atoms with E-state index in [2.05, 4.69) is 0 Å². The predicted octanol–water partition coefficient (Wildman–Crippen LogP) is 1.98. The maximum Gasteiger partial charge on any atom is 0.185 e. The summed E-state index contributed by atoms with van der Waals surface area (Å²) < 4.78 is 4.97. The van der Waals surface area contributed by atoms with Crippen LogP contribution < -0.4 is 0 Å². The fourth-order valence-corrected chi connectivity index (χ4v) is 0.719. The van der Waals surface area contributed by atoms with E-state index >= 15 is 0 Å². The van der Waals surface area contributed by atoms with Gasteiger partial charge in [-0.1, -0.05) is 0 Å². The molecule has 0 spiro atoms. The van der Waals surface area contributed by atoms with E-state index in [0.717, 1.165) is 0 Å². The summed E-state index contributed by atoms with van der Waals surface area (Å²) in [6.07, 6.45) is 0. The molecule has 5 heteroatoms. The zero-order valence-electron chi connectivity index (χ0n) is 7.27. The van der Waals surface area contributed by atoms with Crippen LogP contribution in [0.1, 0.15) is 13.8 Å². The smallest absolute Gasteiger partial charge is 0.185 e. The van der Waals surface area contributed by atoms with Crippen LogP contribution in [0.3, 0.4) is 0 Å². The van der Waals surface area contributed by atoms with Crippen LogP contribution in [-0.2, 0) is 4.74 Å². The second-order valence-electron chi connectivity index (χ2n) is 2.44. The third-order valence-electron chi connectivity index (χ3n) is 1.30. The van der Waals surface area contributed by atoms with E-state index in [1.807, 2.05) is 12.1 Å². The third-order valence-corrected chi connectivity index (χ3v) is 2.17. The fraction of sp³-hybridized carbons (Fsp3) is 0.500. The van der Waals surface area contributed by atoms with Crippen LogP contribution in [0.4, 0.5) is 0 Å². The van der Waals surface area contributed by atoms with Crippen LogP contribution in [0.15, 0.2) is 0 Å². The molecule has 0 rings (SSSR count). The van der Waals surface area contributed by atoms with Gasteiger partial charge in [-0.2, -0.15) is 10.5 Å². The van der Waals surface area contributed by atoms with Gasteiger partial charge in [0, 0.05) is 0 Å². The molecule has 0 radical (unpaired) electrons. The summed E-state index contributed by atoms with van der Waals surface area (Å²) in [5.41, 5.74) is 0. The van der Waals surface area contributed by atoms with E-state index < -0.39 is 11.8 Å². The highest BCUT2D eigenvalue weighted by Gasteiger charge is 2.15. The Kier molecular flexibility index (Phi) is 5.13. The first-order valence-electron chi connectivity index (χ1n) is 3.57. The Balaban J connectivity index is 4.18. The van der Waals surface area contributed by atoms with Crippen molar-refractivity contribution in [1.29, 1.82) is 10.5 Å². The van der Waals surface area contributed by atoms with Crippen LogP contribution in [0.25, 0.3) is 0 Å². The molecule has 0 heterocycles. The minimum atomic E-state index is -0.487. The largest absolute Gasteiger partial charge is 0.440 e. The van der Waals surface area contributed by atoms with Crippen LogP contribution in [-0.4, -0.2) is 10.1 Å². The van der Waals surface area contributed by atoms with Crippen molar-refractivity contribution in [3.05, 3.63) is 0 Å². The normalized spacial score (nSPS) is 13.2. The van der Waals surface area contributed by atoms with Gasteiger partial charge in [0.05, 0.1) is 12.1 Å². The fourth-order valence-electron chi connectivity index (χ4n) is 0.381. The Bertz CT molecular complexity index is 270. The summed E-state index contributed by atoms with van der Waals surface area (Å²) >= 11 is 9.56. The van der Waals surface area contributed by atoms with Crippen molar-refractivity contribution in [1.82, 2.24) is 0 Å². The molecule has 3 nitrogen and oxygen atoms in total. The minimum absolute atomic E-state index is 0.120. The quantitative estimate of drug-likeness (QED) is 0.655. The number of rotatable bonds is 2. The van der Waals surface area contributed by atoms with Crippen molar-refractivity contribution in [2.45, 2.75) is 13.8 Å². The number of nitrogens with zero attached hydrogens (tertiary/aromatic N) is 2. The monoisotopic (exact) mass is 212 g/mol. The van der Waals surface area contributed by atoms with Gasteiger partial charge in [0.2, 0.25) is 0 Å². The van der Waals surface area contributed by atoms with Crippen LogP contribution in [0, 0.1) is 34.5 Å². The number of ether oxygens (including phenoxy) is 1. The molecule has 0 amide bonds. The standard InChI is InChI=1S/C8H8N2OS2/c1-5(3-9)7(12)11-8(13)6(2)4-10/h5-6H,1-2H3. The summed E-state index contributed by atoms with van der Waals surface area (Å²) in [6, 6.07) is 3.84. The van der Waals surface area contributed by atoms with Crippen LogP contribution in [0.5, 0.6) is 0 Å². The summed E-state index contributed by atoms with van der Waals surface area (Å²) in [5.74, 6) is -0.974. The van der Waals surface area contributed by atoms with Crippen LogP contribution in [0.2, 0.25) is 0 Å². The molecule has 0 aromatic rings. The van der Waals surface area contributed by atoms with Crippen LogP contribution >= 0.6 is 24.4 Å². The molecule has 2 atom stereocenters. The van der Waals surface area contributed by atoms with Gasteiger partial charge in [-0.3, -0.25) is 0 Å². The Morgan fingerprint density at radius 2 is 1.38 bits per heavy atom. The zero-order valence-corrected chi connectivity index (χ0v) is 8.91. The maximum absolute atomic E-state index is 8.49. The van der Waals surface area contributed by atoms with Gasteiger partial charge in [0.25, 0.3) is 0 Å². The number of hydrogen-bond acceptors (Lipinski definition) is 5. The van der Waals surface area contributed by atoms with Crippen molar-refractivity contribution in [3.8, 4) is 12.1 Å². The summed E-state index contributed by atoms with van der Waals surface area (Å²) in [4.78, 5) is 0. The predicted molar refractivity (Wildman–Crippen MR) is 55.8 cm³/mol. The van der Waals surface area contributed by atoms with Crippen molar-refractivity contribution in [3.63, 3.8) is 0 Å². The summed E-state index contributed by atoms with van der Waals surface area (Å²) in [7, 11) is 0. The number of thiocarbonyl (C=S) groups is 2. The molecular weight excluding hydrogens is 204 g/mol. The third kappa shape index (κ3) is 3.93. The molecular formula is C8H8N2OS2. The van der Waals surface area contributed by atoms with Gasteiger partial charge in [0.1, 0.15) is 11.8 Å². The second kappa shape index (κ2) is 5.58. The first kappa shape index (κ1) is 12.0. The average Bonchev–Trinajstić information content (AvgIpc) is 2.14. The molecule has 0 saturated carbocycles. The lowest BCUT2D eigenvalue weighted by atomic mass is 10.2. The molecule has 2 unspecified atom stereocenters. The van der Waals surface area contributed by atoms with E-state index in [0.29, 0.717) is 0 Å². The molecule has 68 valence electrons. The molecule has 0 bridgehead atoms. The lowest BCUT2D eigenvalue weighted by Crippen LogP contribution is -2.19. The average molecular weight is 212 g/mol. The Labute approximate surface area is 87.9 Å². The molecule has 13 heavy (non-hydrogen) atoms. The van der Waals surface area contributed by atoms with Gasteiger partial charge in [-0.15, -0.1) is 0 Å². The zero-order chi connectivity index (χ0) is 10.4. The van der Waals surface area contributed by atoms with E-state index in [1.165, 1.54) is 0 Å². The van der Waals surface area contributed by atoms with Crippen molar-refractivity contribution >= 4 is 34.5 Å². The van der Waals surface area contributed by atoms with Gasteiger partial charge in [-0.05, 0) is 38.3 Å². The Morgan fingerprint density at radius 1 is 1.08 bits per heavy atom. The molecule has 0 aliphatic carbocycles. The SMILES string of the molecule is CC(C#N)C(=S)OC(=S)C(C)C#N. The van der Waals surface area contributed by atoms with Crippen molar-refractivity contribution in [2.24, 2.45) is 11.8 Å². The summed E-state index contributed by atoms with van der Waals surface area (Å²) in [6.45, 7) is 3.23. The Morgan fingerprint density at radius 3 is 1.62 bits per heavy atom.